The number of pyridine rings is 1. The molecule has 2 saturated heterocycles. The average molecular weight is 578 g/mol. The lowest BCUT2D eigenvalue weighted by Crippen LogP contribution is -2.59. The van der Waals surface area contributed by atoms with Crippen LogP contribution in [0.15, 0.2) is 73.1 Å². The molecule has 0 N–H and O–H groups in total. The van der Waals surface area contributed by atoms with E-state index in [1.165, 1.54) is 4.90 Å². The molecule has 2 aliphatic rings. The van der Waals surface area contributed by atoms with Crippen molar-refractivity contribution in [1.82, 2.24) is 14.8 Å². The SMILES string of the molecule is O=C1OC2(CCN(C(=O)c3cc(C(F)(F)F)cc(C(F)(F)F)c3)CC2)[C@@H](c2ccccc2)CN1Cc1cccnc1. The lowest BCUT2D eigenvalue weighted by atomic mass is 9.74. The Morgan fingerprint density at radius 3 is 2.12 bits per heavy atom. The second-order valence-corrected chi connectivity index (χ2v) is 10.2. The van der Waals surface area contributed by atoms with Crippen LogP contribution in [0.2, 0.25) is 0 Å². The summed E-state index contributed by atoms with van der Waals surface area (Å²) >= 11 is 0. The molecule has 5 rings (SSSR count). The highest BCUT2D eigenvalue weighted by molar-refractivity contribution is 5.94. The largest absolute Gasteiger partial charge is 0.442 e. The lowest BCUT2D eigenvalue weighted by molar-refractivity contribution is -0.143. The van der Waals surface area contributed by atoms with E-state index in [2.05, 4.69) is 4.98 Å². The molecule has 216 valence electrons. The number of aromatic nitrogens is 1. The summed E-state index contributed by atoms with van der Waals surface area (Å²) in [5, 5.41) is 0. The van der Waals surface area contributed by atoms with Gasteiger partial charge in [-0.2, -0.15) is 26.3 Å². The third-order valence-corrected chi connectivity index (χ3v) is 7.62. The van der Waals surface area contributed by atoms with E-state index < -0.39 is 46.6 Å². The minimum atomic E-state index is -5.07. The van der Waals surface area contributed by atoms with Crippen molar-refractivity contribution in [2.24, 2.45) is 0 Å². The van der Waals surface area contributed by atoms with Gasteiger partial charge in [-0.25, -0.2) is 4.79 Å². The van der Waals surface area contributed by atoms with Crippen LogP contribution in [-0.4, -0.2) is 52.0 Å². The fourth-order valence-electron chi connectivity index (χ4n) is 5.51. The van der Waals surface area contributed by atoms with Gasteiger partial charge >= 0.3 is 18.4 Å². The van der Waals surface area contributed by atoms with E-state index in [-0.39, 0.29) is 44.5 Å². The number of alkyl halides is 6. The number of hydrogen-bond acceptors (Lipinski definition) is 4. The van der Waals surface area contributed by atoms with Crippen molar-refractivity contribution in [3.05, 3.63) is 101 Å². The Hall–Kier alpha value is -4.09. The Bertz CT molecular complexity index is 1370. The standard InChI is InChI=1S/C29H25F6N3O3/c30-28(31,32)22-13-21(14-23(15-22)29(33,34)35)25(39)37-11-8-27(9-12-37)24(20-6-2-1-3-7-20)18-38(26(40)41-27)17-19-5-4-10-36-16-19/h1-7,10,13-16,24H,8-9,11-12,17-18H2/t24-/m1/s1. The van der Waals surface area contributed by atoms with Crippen LogP contribution >= 0.6 is 0 Å². The van der Waals surface area contributed by atoms with Crippen LogP contribution < -0.4 is 0 Å². The van der Waals surface area contributed by atoms with Gasteiger partial charge in [-0.1, -0.05) is 36.4 Å². The van der Waals surface area contributed by atoms with Crippen LogP contribution in [0.3, 0.4) is 0 Å². The van der Waals surface area contributed by atoms with Crippen molar-refractivity contribution in [1.29, 1.82) is 0 Å². The highest BCUT2D eigenvalue weighted by Gasteiger charge is 2.51. The van der Waals surface area contributed by atoms with E-state index in [0.29, 0.717) is 18.7 Å². The van der Waals surface area contributed by atoms with E-state index in [1.807, 2.05) is 36.4 Å². The average Bonchev–Trinajstić information content (AvgIpc) is 2.94. The molecule has 12 heteroatoms. The molecular formula is C29H25F6N3O3. The number of piperidine rings is 1. The number of halogens is 6. The molecule has 6 nitrogen and oxygen atoms in total. The fraction of sp³-hybridized carbons (Fsp3) is 0.345. The van der Waals surface area contributed by atoms with Crippen LogP contribution in [-0.2, 0) is 23.6 Å². The normalized spacial score (nSPS) is 19.3. The molecule has 0 bridgehead atoms. The summed E-state index contributed by atoms with van der Waals surface area (Å²) in [6.07, 6.45) is -7.08. The zero-order valence-corrected chi connectivity index (χ0v) is 21.6. The molecule has 0 saturated carbocycles. The third-order valence-electron chi connectivity index (χ3n) is 7.62. The topological polar surface area (TPSA) is 62.7 Å². The first kappa shape index (κ1) is 28.4. The monoisotopic (exact) mass is 577 g/mol. The maximum Gasteiger partial charge on any atom is 0.416 e. The van der Waals surface area contributed by atoms with Crippen LogP contribution in [0.1, 0.15) is 51.4 Å². The molecule has 3 heterocycles. The molecular weight excluding hydrogens is 552 g/mol. The molecule has 0 radical (unpaired) electrons. The van der Waals surface area contributed by atoms with E-state index in [4.69, 9.17) is 4.74 Å². The highest BCUT2D eigenvalue weighted by atomic mass is 19.4. The van der Waals surface area contributed by atoms with Crippen LogP contribution in [0.25, 0.3) is 0 Å². The van der Waals surface area contributed by atoms with Gasteiger partial charge in [-0.3, -0.25) is 9.78 Å². The van der Waals surface area contributed by atoms with Crippen LogP contribution in [0, 0.1) is 0 Å². The minimum Gasteiger partial charge on any atom is -0.442 e. The van der Waals surface area contributed by atoms with Crippen molar-refractivity contribution in [3.63, 3.8) is 0 Å². The summed E-state index contributed by atoms with van der Waals surface area (Å²) in [5.41, 5.74) is -3.10. The molecule has 41 heavy (non-hydrogen) atoms. The number of benzene rings is 2. The number of ether oxygens (including phenoxy) is 1. The van der Waals surface area contributed by atoms with E-state index >= 15 is 0 Å². The summed E-state index contributed by atoms with van der Waals surface area (Å²) < 4.78 is 86.1. The van der Waals surface area contributed by atoms with Crippen molar-refractivity contribution < 1.29 is 40.7 Å². The van der Waals surface area contributed by atoms with Gasteiger partial charge in [-0.05, 0) is 35.4 Å². The van der Waals surface area contributed by atoms with Gasteiger partial charge in [0.25, 0.3) is 5.91 Å². The zero-order chi connectivity index (χ0) is 29.4. The number of hydrogen-bond donors (Lipinski definition) is 0. The maximum absolute atomic E-state index is 13.3. The number of nitrogens with zero attached hydrogens (tertiary/aromatic N) is 3. The molecule has 2 fully saturated rings. The Morgan fingerprint density at radius 1 is 0.927 bits per heavy atom. The maximum atomic E-state index is 13.3. The molecule has 1 aromatic heterocycles. The summed E-state index contributed by atoms with van der Waals surface area (Å²) in [4.78, 5) is 33.2. The van der Waals surface area contributed by atoms with Crippen LogP contribution in [0.5, 0.6) is 0 Å². The summed E-state index contributed by atoms with van der Waals surface area (Å²) in [7, 11) is 0. The Balaban J connectivity index is 1.39. The van der Waals surface area contributed by atoms with Crippen LogP contribution in [0.4, 0.5) is 31.1 Å². The van der Waals surface area contributed by atoms with Gasteiger partial charge in [0.05, 0.1) is 17.7 Å². The van der Waals surface area contributed by atoms with Crippen molar-refractivity contribution in [2.45, 2.75) is 43.3 Å². The van der Waals surface area contributed by atoms with Gasteiger partial charge in [0.2, 0.25) is 0 Å². The Labute approximate surface area is 231 Å². The van der Waals surface area contributed by atoms with Gasteiger partial charge in [0, 0.05) is 56.4 Å². The molecule has 2 amide bonds. The molecule has 0 aliphatic carbocycles. The van der Waals surface area contributed by atoms with E-state index in [9.17, 15) is 35.9 Å². The third kappa shape index (κ3) is 6.01. The number of likely N-dealkylation sites (tertiary alicyclic amines) is 1. The second-order valence-electron chi connectivity index (χ2n) is 10.2. The predicted octanol–water partition coefficient (Wildman–Crippen LogP) is 6.53. The first-order valence-corrected chi connectivity index (χ1v) is 12.9. The van der Waals surface area contributed by atoms with Gasteiger partial charge in [0.15, 0.2) is 0 Å². The minimum absolute atomic E-state index is 0.00876. The summed E-state index contributed by atoms with van der Waals surface area (Å²) in [5.74, 6) is -1.24. The fourth-order valence-corrected chi connectivity index (χ4v) is 5.51. The van der Waals surface area contributed by atoms with E-state index in [1.54, 1.807) is 23.4 Å². The van der Waals surface area contributed by atoms with Gasteiger partial charge in [-0.15, -0.1) is 0 Å². The molecule has 2 aliphatic heterocycles. The lowest BCUT2D eigenvalue weighted by Gasteiger charge is -2.50. The van der Waals surface area contributed by atoms with Crippen molar-refractivity contribution in [2.75, 3.05) is 19.6 Å². The molecule has 2 aromatic carbocycles. The Morgan fingerprint density at radius 2 is 1.56 bits per heavy atom. The highest BCUT2D eigenvalue weighted by Crippen LogP contribution is 2.44. The zero-order valence-electron chi connectivity index (χ0n) is 21.6. The first-order valence-electron chi connectivity index (χ1n) is 12.9. The number of amides is 2. The van der Waals surface area contributed by atoms with Crippen molar-refractivity contribution >= 4 is 12.0 Å². The molecule has 1 spiro atoms. The molecule has 1 atom stereocenters. The second kappa shape index (κ2) is 10.7. The number of carbonyl (C=O) groups is 2. The Kier molecular flexibility index (Phi) is 7.43. The van der Waals surface area contributed by atoms with Gasteiger partial charge in [0.1, 0.15) is 5.60 Å². The summed E-state index contributed by atoms with van der Waals surface area (Å²) in [6.45, 7) is 0.549. The molecule has 0 unspecified atom stereocenters. The van der Waals surface area contributed by atoms with Gasteiger partial charge < -0.3 is 14.5 Å². The molecule has 3 aromatic rings. The quantitative estimate of drug-likeness (QED) is 0.331. The summed E-state index contributed by atoms with van der Waals surface area (Å²) in [6, 6.07) is 13.8. The van der Waals surface area contributed by atoms with E-state index in [0.717, 1.165) is 11.1 Å². The van der Waals surface area contributed by atoms with Crippen molar-refractivity contribution in [3.8, 4) is 0 Å². The predicted molar refractivity (Wildman–Crippen MR) is 135 cm³/mol. The number of rotatable bonds is 4. The number of carbonyl (C=O) groups excluding carboxylic acids is 2. The smallest absolute Gasteiger partial charge is 0.416 e. The first-order chi connectivity index (χ1) is 19.4.